The van der Waals surface area contributed by atoms with E-state index in [1.165, 1.54) is 13.2 Å². The third-order valence-corrected chi connectivity index (χ3v) is 1.79. The predicted octanol–water partition coefficient (Wildman–Crippen LogP) is 2.72. The Bertz CT molecular complexity index is 393. The third-order valence-electron chi connectivity index (χ3n) is 1.51. The van der Waals surface area contributed by atoms with Gasteiger partial charge in [0.05, 0.1) is 12.4 Å². The molecule has 0 aliphatic heterocycles. The van der Waals surface area contributed by atoms with Crippen molar-refractivity contribution >= 4 is 15.9 Å². The van der Waals surface area contributed by atoms with Crippen LogP contribution in [0.1, 0.15) is 5.56 Å². The number of ether oxygens (including phenoxy) is 1. The highest BCUT2D eigenvalue weighted by Gasteiger charge is 2.09. The van der Waals surface area contributed by atoms with Crippen LogP contribution in [0.4, 0.5) is 8.78 Å². The van der Waals surface area contributed by atoms with Gasteiger partial charge < -0.3 is 4.74 Å². The molecule has 74 valence electrons. The van der Waals surface area contributed by atoms with E-state index in [2.05, 4.69) is 32.5 Å². The molecule has 0 heterocycles. The van der Waals surface area contributed by atoms with Crippen LogP contribution in [0.2, 0.25) is 0 Å². The number of benzene rings is 1. The minimum Gasteiger partial charge on any atom is -0.494 e. The molecule has 0 saturated heterocycles. The summed E-state index contributed by atoms with van der Waals surface area (Å²) in [6.07, 6.45) is 0. The summed E-state index contributed by atoms with van der Waals surface area (Å²) in [7, 11) is 1.28. The Hall–Kier alpha value is -1.08. The minimum absolute atomic E-state index is 0.135. The molecule has 14 heavy (non-hydrogen) atoms. The van der Waals surface area contributed by atoms with Gasteiger partial charge in [-0.15, -0.1) is 0 Å². The average Bonchev–Trinajstić information content (AvgIpc) is 2.19. The lowest BCUT2D eigenvalue weighted by Crippen LogP contribution is -1.93. The van der Waals surface area contributed by atoms with E-state index in [-0.39, 0.29) is 5.75 Å². The van der Waals surface area contributed by atoms with Crippen molar-refractivity contribution in [1.82, 2.24) is 0 Å². The SMILES string of the molecule is COc1cc(C#CCBr)cc(F)c1F. The van der Waals surface area contributed by atoms with Gasteiger partial charge in [-0.05, 0) is 12.1 Å². The normalized spacial score (nSPS) is 9.14. The molecule has 1 aromatic rings. The molecule has 1 rings (SSSR count). The van der Waals surface area contributed by atoms with Crippen LogP contribution in [0.3, 0.4) is 0 Å². The maximum absolute atomic E-state index is 12.9. The zero-order chi connectivity index (χ0) is 10.6. The molecule has 0 fully saturated rings. The average molecular weight is 261 g/mol. The van der Waals surface area contributed by atoms with Crippen LogP contribution >= 0.6 is 15.9 Å². The van der Waals surface area contributed by atoms with E-state index in [9.17, 15) is 8.78 Å². The van der Waals surface area contributed by atoms with Gasteiger partial charge in [-0.3, -0.25) is 0 Å². The van der Waals surface area contributed by atoms with Crippen molar-refractivity contribution in [2.75, 3.05) is 12.4 Å². The minimum atomic E-state index is -0.989. The smallest absolute Gasteiger partial charge is 0.200 e. The van der Waals surface area contributed by atoms with Gasteiger partial charge in [0.1, 0.15) is 0 Å². The van der Waals surface area contributed by atoms with Crippen LogP contribution in [0.25, 0.3) is 0 Å². The van der Waals surface area contributed by atoms with Crippen molar-refractivity contribution < 1.29 is 13.5 Å². The van der Waals surface area contributed by atoms with Crippen molar-refractivity contribution in [3.8, 4) is 17.6 Å². The summed E-state index contributed by atoms with van der Waals surface area (Å²) in [6, 6.07) is 2.39. The second-order valence-corrected chi connectivity index (χ2v) is 2.97. The lowest BCUT2D eigenvalue weighted by Gasteiger charge is -2.02. The number of methoxy groups -OCH3 is 1. The van der Waals surface area contributed by atoms with Gasteiger partial charge in [0.2, 0.25) is 5.82 Å². The molecule has 0 saturated carbocycles. The largest absolute Gasteiger partial charge is 0.494 e. The van der Waals surface area contributed by atoms with Crippen molar-refractivity contribution in [3.05, 3.63) is 29.3 Å². The molecule has 0 aromatic heterocycles. The highest BCUT2D eigenvalue weighted by atomic mass is 79.9. The maximum atomic E-state index is 12.9. The molecule has 0 N–H and O–H groups in total. The summed E-state index contributed by atoms with van der Waals surface area (Å²) in [5.41, 5.74) is 0.389. The van der Waals surface area contributed by atoms with Gasteiger partial charge >= 0.3 is 0 Å². The monoisotopic (exact) mass is 260 g/mol. The maximum Gasteiger partial charge on any atom is 0.200 e. The first kappa shape index (κ1) is 11.0. The summed E-state index contributed by atoms with van der Waals surface area (Å²) >= 11 is 3.10. The number of rotatable bonds is 1. The van der Waals surface area contributed by atoms with E-state index in [1.807, 2.05) is 0 Å². The molecular weight excluding hydrogens is 254 g/mol. The number of halogens is 3. The molecule has 4 heteroatoms. The second kappa shape index (κ2) is 4.97. The molecule has 0 radical (unpaired) electrons. The number of alkyl halides is 1. The first-order chi connectivity index (χ1) is 6.69. The van der Waals surface area contributed by atoms with E-state index in [4.69, 9.17) is 0 Å². The zero-order valence-corrected chi connectivity index (χ0v) is 8.99. The Balaban J connectivity index is 3.16. The Kier molecular flexibility index (Phi) is 3.90. The van der Waals surface area contributed by atoms with Crippen LogP contribution < -0.4 is 4.74 Å². The summed E-state index contributed by atoms with van der Waals surface area (Å²) < 4.78 is 30.5. The predicted molar refractivity (Wildman–Crippen MR) is 53.6 cm³/mol. The van der Waals surface area contributed by atoms with E-state index >= 15 is 0 Å². The van der Waals surface area contributed by atoms with E-state index in [1.54, 1.807) is 0 Å². The Morgan fingerprint density at radius 1 is 1.43 bits per heavy atom. The van der Waals surface area contributed by atoms with Crippen LogP contribution in [0, 0.1) is 23.5 Å². The molecule has 0 amide bonds. The van der Waals surface area contributed by atoms with Gasteiger partial charge in [0, 0.05) is 5.56 Å². The summed E-state index contributed by atoms with van der Waals surface area (Å²) in [4.78, 5) is 0. The number of hydrogen-bond acceptors (Lipinski definition) is 1. The molecule has 0 spiro atoms. The van der Waals surface area contributed by atoms with Crippen LogP contribution in [0.5, 0.6) is 5.75 Å². The van der Waals surface area contributed by atoms with E-state index in [0.29, 0.717) is 10.9 Å². The quantitative estimate of drug-likeness (QED) is 0.558. The molecule has 0 atom stereocenters. The first-order valence-electron chi connectivity index (χ1n) is 3.77. The molecule has 0 bridgehead atoms. The van der Waals surface area contributed by atoms with Crippen molar-refractivity contribution in [1.29, 1.82) is 0 Å². The van der Waals surface area contributed by atoms with E-state index in [0.717, 1.165) is 6.07 Å². The fourth-order valence-electron chi connectivity index (χ4n) is 0.920. The topological polar surface area (TPSA) is 9.23 Å². The Labute approximate surface area is 89.2 Å². The van der Waals surface area contributed by atoms with E-state index < -0.39 is 11.6 Å². The van der Waals surface area contributed by atoms with Gasteiger partial charge in [0.15, 0.2) is 11.6 Å². The van der Waals surface area contributed by atoms with Gasteiger partial charge in [-0.25, -0.2) is 4.39 Å². The fraction of sp³-hybridized carbons (Fsp3) is 0.200. The lowest BCUT2D eigenvalue weighted by atomic mass is 10.2. The third kappa shape index (κ3) is 2.46. The highest BCUT2D eigenvalue weighted by molar-refractivity contribution is 9.09. The van der Waals surface area contributed by atoms with Crippen LogP contribution in [-0.4, -0.2) is 12.4 Å². The first-order valence-corrected chi connectivity index (χ1v) is 4.89. The van der Waals surface area contributed by atoms with Crippen molar-refractivity contribution in [2.45, 2.75) is 0 Å². The summed E-state index contributed by atoms with van der Waals surface area (Å²) in [5.74, 6) is 3.26. The lowest BCUT2D eigenvalue weighted by molar-refractivity contribution is 0.371. The van der Waals surface area contributed by atoms with Crippen LogP contribution in [-0.2, 0) is 0 Å². The van der Waals surface area contributed by atoms with Crippen molar-refractivity contribution in [2.24, 2.45) is 0 Å². The Morgan fingerprint density at radius 2 is 2.14 bits per heavy atom. The molecule has 0 unspecified atom stereocenters. The summed E-state index contributed by atoms with van der Waals surface area (Å²) in [6.45, 7) is 0. The Morgan fingerprint density at radius 3 is 2.71 bits per heavy atom. The second-order valence-electron chi connectivity index (χ2n) is 2.41. The van der Waals surface area contributed by atoms with Crippen LogP contribution in [0.15, 0.2) is 12.1 Å². The molecular formula is C10H7BrF2O. The molecule has 1 aromatic carbocycles. The summed E-state index contributed by atoms with van der Waals surface area (Å²) in [5, 5.41) is 0.480. The zero-order valence-electron chi connectivity index (χ0n) is 7.40. The van der Waals surface area contributed by atoms with Crippen molar-refractivity contribution in [3.63, 3.8) is 0 Å². The molecule has 0 aliphatic rings. The number of hydrogen-bond donors (Lipinski definition) is 0. The fourth-order valence-corrected chi connectivity index (χ4v) is 1.06. The van der Waals surface area contributed by atoms with Gasteiger partial charge in [0.25, 0.3) is 0 Å². The molecule has 0 aliphatic carbocycles. The van der Waals surface area contributed by atoms with Gasteiger partial charge in [-0.2, -0.15) is 4.39 Å². The standard InChI is InChI=1S/C10H7BrF2O/c1-14-9-6-7(3-2-4-11)5-8(12)10(9)13/h5-6H,4H2,1H3. The van der Waals surface area contributed by atoms with Gasteiger partial charge in [-0.1, -0.05) is 27.8 Å². The molecule has 1 nitrogen and oxygen atoms in total. The highest BCUT2D eigenvalue weighted by Crippen LogP contribution is 2.21.